The molecule has 2 aromatic carbocycles. The number of carbonyl (C=O) groups is 2. The molecule has 4 heterocycles. The number of fused-ring (bicyclic) bond motifs is 1. The summed E-state index contributed by atoms with van der Waals surface area (Å²) in [4.78, 5) is 48.0. The number of aromatic nitrogens is 3. The lowest BCUT2D eigenvalue weighted by Gasteiger charge is -2.26. The molecule has 0 radical (unpaired) electrons. The molecule has 224 valence electrons. The molecule has 1 fully saturated rings. The van der Waals surface area contributed by atoms with Gasteiger partial charge >= 0.3 is 5.97 Å². The molecule has 7 rings (SSSR count). The molecular weight excluding hydrogens is 558 g/mol. The second-order valence-electron chi connectivity index (χ2n) is 11.3. The number of nitrogens with zero attached hydrogens (tertiary/aromatic N) is 5. The van der Waals surface area contributed by atoms with Gasteiger partial charge in [-0.05, 0) is 56.5 Å². The third kappa shape index (κ3) is 4.86. The molecule has 0 N–H and O–H groups in total. The molecule has 10 heteroatoms. The third-order valence-electron chi connectivity index (χ3n) is 8.48. The number of rotatable bonds is 6. The van der Waals surface area contributed by atoms with E-state index in [2.05, 4.69) is 15.5 Å². The van der Waals surface area contributed by atoms with Crippen LogP contribution in [-0.4, -0.2) is 70.5 Å². The molecule has 0 bridgehead atoms. The Bertz CT molecular complexity index is 1910. The highest BCUT2D eigenvalue weighted by Crippen LogP contribution is 2.37. The van der Waals surface area contributed by atoms with Crippen molar-refractivity contribution in [2.45, 2.75) is 26.7 Å². The lowest BCUT2D eigenvalue weighted by Crippen LogP contribution is -2.44. The van der Waals surface area contributed by atoms with E-state index in [0.717, 1.165) is 54.1 Å². The molecule has 44 heavy (non-hydrogen) atoms. The number of hydrogen-bond acceptors (Lipinski definition) is 7. The number of carbonyl (C=O) groups excluding carboxylic acids is 2. The van der Waals surface area contributed by atoms with Gasteiger partial charge in [0, 0.05) is 30.9 Å². The van der Waals surface area contributed by atoms with Crippen LogP contribution in [-0.2, 0) is 20.7 Å². The minimum atomic E-state index is -0.473. The van der Waals surface area contributed by atoms with E-state index in [4.69, 9.17) is 14.5 Å². The molecule has 3 aliphatic rings. The molecule has 1 amide bonds. The maximum absolute atomic E-state index is 14.3. The number of morpholine rings is 1. The van der Waals surface area contributed by atoms with Crippen LogP contribution in [0.15, 0.2) is 71.7 Å². The quantitative estimate of drug-likeness (QED) is 0.316. The highest BCUT2D eigenvalue weighted by molar-refractivity contribution is 6.26. The smallest absolute Gasteiger partial charge is 0.338 e. The minimum Gasteiger partial charge on any atom is -0.461 e. The van der Waals surface area contributed by atoms with Crippen LogP contribution >= 0.6 is 0 Å². The Morgan fingerprint density at radius 3 is 2.61 bits per heavy atom. The van der Waals surface area contributed by atoms with Crippen LogP contribution < -0.4 is 10.6 Å². The van der Waals surface area contributed by atoms with Gasteiger partial charge in [-0.25, -0.2) is 14.8 Å². The molecule has 0 saturated carbocycles. The normalized spacial score (nSPS) is 16.8. The van der Waals surface area contributed by atoms with Crippen LogP contribution in [0.5, 0.6) is 0 Å². The summed E-state index contributed by atoms with van der Waals surface area (Å²) in [5.74, 6) is -0.459. The summed E-state index contributed by atoms with van der Waals surface area (Å²) in [5.41, 5.74) is 5.52. The van der Waals surface area contributed by atoms with Crippen molar-refractivity contribution in [3.8, 4) is 0 Å². The fourth-order valence-corrected chi connectivity index (χ4v) is 6.32. The van der Waals surface area contributed by atoms with Crippen LogP contribution in [0, 0.1) is 13.8 Å². The van der Waals surface area contributed by atoms with Gasteiger partial charge in [0.1, 0.15) is 12.4 Å². The summed E-state index contributed by atoms with van der Waals surface area (Å²) >= 11 is 0. The molecule has 2 aliphatic heterocycles. The molecule has 1 aliphatic carbocycles. The van der Waals surface area contributed by atoms with Gasteiger partial charge in [0.05, 0.1) is 52.8 Å². The summed E-state index contributed by atoms with van der Waals surface area (Å²) in [6.45, 7) is 7.61. The van der Waals surface area contributed by atoms with Gasteiger partial charge in [-0.3, -0.25) is 14.5 Å². The molecule has 0 spiro atoms. The number of amides is 1. The molecule has 0 unspecified atom stereocenters. The maximum atomic E-state index is 14.3. The number of esters is 1. The van der Waals surface area contributed by atoms with Gasteiger partial charge < -0.3 is 14.0 Å². The topological polar surface area (TPSA) is 98.9 Å². The van der Waals surface area contributed by atoms with E-state index in [1.54, 1.807) is 31.3 Å². The lowest BCUT2D eigenvalue weighted by molar-refractivity contribution is -0.114. The van der Waals surface area contributed by atoms with Gasteiger partial charge in [-0.1, -0.05) is 36.4 Å². The molecule has 1 saturated heterocycles. The number of benzene rings is 2. The van der Waals surface area contributed by atoms with Crippen molar-refractivity contribution in [1.82, 2.24) is 19.1 Å². The summed E-state index contributed by atoms with van der Waals surface area (Å²) in [7, 11) is 0. The van der Waals surface area contributed by atoms with E-state index in [1.807, 2.05) is 43.3 Å². The number of allylic oxidation sites excluding steroid dienone is 1. The predicted octanol–water partition coefficient (Wildman–Crippen LogP) is 3.66. The van der Waals surface area contributed by atoms with E-state index in [1.165, 1.54) is 9.69 Å². The Morgan fingerprint density at radius 1 is 1.02 bits per heavy atom. The van der Waals surface area contributed by atoms with Gasteiger partial charge in [0.25, 0.3) is 11.5 Å². The zero-order valence-corrected chi connectivity index (χ0v) is 24.8. The first kappa shape index (κ1) is 28.0. The van der Waals surface area contributed by atoms with Crippen molar-refractivity contribution >= 4 is 34.0 Å². The summed E-state index contributed by atoms with van der Waals surface area (Å²) in [6.07, 6.45) is 5.27. The van der Waals surface area contributed by atoms with Gasteiger partial charge in [0.2, 0.25) is 0 Å². The summed E-state index contributed by atoms with van der Waals surface area (Å²) in [5, 5.41) is 1.68. The Balaban J connectivity index is 1.27. The van der Waals surface area contributed by atoms with Crippen molar-refractivity contribution in [3.05, 3.63) is 111 Å². The van der Waals surface area contributed by atoms with Crippen LogP contribution in [0.25, 0.3) is 22.2 Å². The van der Waals surface area contributed by atoms with Crippen molar-refractivity contribution in [2.75, 3.05) is 44.5 Å². The molecule has 2 aromatic heterocycles. The van der Waals surface area contributed by atoms with E-state index in [9.17, 15) is 14.4 Å². The van der Waals surface area contributed by atoms with Crippen molar-refractivity contribution in [3.63, 3.8) is 0 Å². The van der Waals surface area contributed by atoms with Gasteiger partial charge in [-0.15, -0.1) is 0 Å². The van der Waals surface area contributed by atoms with Gasteiger partial charge in [0.15, 0.2) is 0 Å². The first-order valence-corrected chi connectivity index (χ1v) is 14.9. The summed E-state index contributed by atoms with van der Waals surface area (Å²) < 4.78 is 14.3. The highest BCUT2D eigenvalue weighted by Gasteiger charge is 2.34. The lowest BCUT2D eigenvalue weighted by atomic mass is 9.96. The van der Waals surface area contributed by atoms with Gasteiger partial charge in [-0.2, -0.15) is 4.68 Å². The van der Waals surface area contributed by atoms with Crippen molar-refractivity contribution in [2.24, 2.45) is 0 Å². The van der Waals surface area contributed by atoms with Crippen LogP contribution in [0.3, 0.4) is 0 Å². The third-order valence-corrected chi connectivity index (χ3v) is 8.48. The average molecular weight is 592 g/mol. The van der Waals surface area contributed by atoms with Crippen LogP contribution in [0.1, 0.15) is 45.1 Å². The number of ether oxygens (including phenoxy) is 2. The van der Waals surface area contributed by atoms with E-state index >= 15 is 0 Å². The van der Waals surface area contributed by atoms with Crippen molar-refractivity contribution < 1.29 is 19.1 Å². The first-order valence-electron chi connectivity index (χ1n) is 14.9. The van der Waals surface area contributed by atoms with E-state index in [-0.39, 0.29) is 12.5 Å². The monoisotopic (exact) mass is 591 g/mol. The summed E-state index contributed by atoms with van der Waals surface area (Å²) in [6, 6.07) is 16.7. The first-order chi connectivity index (χ1) is 21.4. The Kier molecular flexibility index (Phi) is 7.23. The molecule has 4 aromatic rings. The molecule has 0 atom stereocenters. The Hall–Kier alpha value is -4.80. The standard InChI is InChI=1S/C34H33N5O5/c1-22-19-25-9-6-10-28-31(25)38(22)30(24-7-4-3-5-8-24)21-37(32(28)40)39-23(2)35-29-20-26(11-12-27(29)33(39)41)34(42)44-18-15-36-13-16-43-17-14-36/h3-5,7-8,10-12,19-21H,6,9,13-18H2,1-2H3. The van der Waals surface area contributed by atoms with E-state index < -0.39 is 11.5 Å². The second-order valence-corrected chi connectivity index (χ2v) is 11.3. The average Bonchev–Trinajstić information content (AvgIpc) is 3.31. The fourth-order valence-electron chi connectivity index (χ4n) is 6.32. The largest absolute Gasteiger partial charge is 0.461 e. The fraction of sp³-hybridized carbons (Fsp3) is 0.294. The zero-order chi connectivity index (χ0) is 30.4. The van der Waals surface area contributed by atoms with Crippen LogP contribution in [0.4, 0.5) is 0 Å². The highest BCUT2D eigenvalue weighted by atomic mass is 16.5. The van der Waals surface area contributed by atoms with Crippen LogP contribution in [0.2, 0.25) is 0 Å². The predicted molar refractivity (Wildman–Crippen MR) is 167 cm³/mol. The Morgan fingerprint density at radius 2 is 1.82 bits per heavy atom. The second kappa shape index (κ2) is 11.4. The maximum Gasteiger partial charge on any atom is 0.338 e. The number of hydrogen-bond donors (Lipinski definition) is 0. The van der Waals surface area contributed by atoms with Crippen molar-refractivity contribution in [1.29, 1.82) is 0 Å². The molecule has 10 nitrogen and oxygen atoms in total. The number of aryl methyl sites for hydroxylation is 3. The SMILES string of the molecule is Cc1cc2c3n1C(c1ccccc1)=CN(n1c(C)nc4cc(C(=O)OCCN5CCOCC5)ccc4c1=O)C(=O)C3=CCC2. The Labute approximate surface area is 254 Å². The minimum absolute atomic E-state index is 0.262. The molecular formula is C34H33N5O5. The van der Waals surface area contributed by atoms with E-state index in [0.29, 0.717) is 47.6 Å². The zero-order valence-electron chi connectivity index (χ0n) is 24.8.